The Morgan fingerprint density at radius 1 is 0.652 bits per heavy atom. The summed E-state index contributed by atoms with van der Waals surface area (Å²) in [7, 11) is 2.06. The zero-order valence-corrected chi connectivity index (χ0v) is 27.8. The zero-order valence-electron chi connectivity index (χ0n) is 25.5. The molecule has 7 rings (SSSR count). The van der Waals surface area contributed by atoms with Gasteiger partial charge in [-0.1, -0.05) is 0 Å². The summed E-state index contributed by atoms with van der Waals surface area (Å²) in [5, 5.41) is 0. The van der Waals surface area contributed by atoms with E-state index in [4.69, 9.17) is 4.74 Å². The first-order valence-electron chi connectivity index (χ1n) is 15.1. The first kappa shape index (κ1) is 29.5. The zero-order chi connectivity index (χ0) is 31.5. The van der Waals surface area contributed by atoms with E-state index in [-0.39, 0.29) is 0 Å². The van der Waals surface area contributed by atoms with Gasteiger partial charge in [0.1, 0.15) is 0 Å². The Labute approximate surface area is 280 Å². The molecule has 0 radical (unpaired) electrons. The quantitative estimate of drug-likeness (QED) is 0.154. The number of pyridine rings is 1. The van der Waals surface area contributed by atoms with Gasteiger partial charge in [-0.05, 0) is 18.6 Å². The molecule has 0 atom stereocenters. The van der Waals surface area contributed by atoms with E-state index < -0.39 is 0 Å². The van der Waals surface area contributed by atoms with Crippen LogP contribution in [-0.4, -0.2) is 14.1 Å². The van der Waals surface area contributed by atoms with Crippen molar-refractivity contribution in [1.82, 2.24) is 14.1 Å². The SMILES string of the molecule is Cc1ccnc(Oc2cccc(N(c3cccc(-n4ccn(C)[c]4=[Pt])c3)c3c(-c4ccccc4)cccc3-c3ccccc3)c2)c1. The maximum atomic E-state index is 6.32. The summed E-state index contributed by atoms with van der Waals surface area (Å²) < 4.78 is 11.7. The molecule has 228 valence electrons. The molecule has 2 heterocycles. The third-order valence-corrected chi connectivity index (χ3v) is 9.23. The summed E-state index contributed by atoms with van der Waals surface area (Å²) in [5.41, 5.74) is 9.77. The summed E-state index contributed by atoms with van der Waals surface area (Å²) in [6, 6.07) is 48.6. The molecule has 6 heteroatoms. The first-order chi connectivity index (χ1) is 22.5. The van der Waals surface area contributed by atoms with Gasteiger partial charge in [0.15, 0.2) is 0 Å². The molecule has 0 N–H and O–H groups in total. The van der Waals surface area contributed by atoms with Gasteiger partial charge in [0.05, 0.1) is 0 Å². The van der Waals surface area contributed by atoms with E-state index in [1.807, 2.05) is 31.2 Å². The number of nitrogens with zero attached hydrogens (tertiary/aromatic N) is 4. The summed E-state index contributed by atoms with van der Waals surface area (Å²) in [4.78, 5) is 6.80. The van der Waals surface area contributed by atoms with Gasteiger partial charge < -0.3 is 0 Å². The number of hydrogen-bond acceptors (Lipinski definition) is 3. The Balaban J connectivity index is 1.49. The molecule has 7 aromatic rings. The molecule has 5 aromatic carbocycles. The van der Waals surface area contributed by atoms with Gasteiger partial charge in [-0.15, -0.1) is 0 Å². The third-order valence-electron chi connectivity index (χ3n) is 7.88. The van der Waals surface area contributed by atoms with Crippen molar-refractivity contribution >= 4 is 17.1 Å². The van der Waals surface area contributed by atoms with Gasteiger partial charge in [0.25, 0.3) is 0 Å². The van der Waals surface area contributed by atoms with Gasteiger partial charge >= 0.3 is 256 Å². The number of aromatic nitrogens is 3. The molecular formula is C40H32N4OPt. The first-order valence-corrected chi connectivity index (χ1v) is 16.2. The molecule has 46 heavy (non-hydrogen) atoms. The average molecular weight is 780 g/mol. The third kappa shape index (κ3) is 6.02. The summed E-state index contributed by atoms with van der Waals surface area (Å²) in [6.45, 7) is 2.04. The second kappa shape index (κ2) is 13.0. The van der Waals surface area contributed by atoms with E-state index >= 15 is 0 Å². The van der Waals surface area contributed by atoms with Crippen LogP contribution in [0.25, 0.3) is 27.9 Å². The van der Waals surface area contributed by atoms with Gasteiger partial charge in [0.2, 0.25) is 0 Å². The Kier molecular flexibility index (Phi) is 8.33. The Morgan fingerprint density at radius 3 is 1.91 bits per heavy atom. The molecule has 0 fully saturated rings. The fraction of sp³-hybridized carbons (Fsp3) is 0.0500. The molecule has 0 bridgehead atoms. The molecule has 0 spiro atoms. The van der Waals surface area contributed by atoms with E-state index in [1.165, 1.54) is 0 Å². The summed E-state index contributed by atoms with van der Waals surface area (Å²) in [6.07, 6.45) is 5.95. The minimum absolute atomic E-state index is 0.565. The van der Waals surface area contributed by atoms with Crippen molar-refractivity contribution in [1.29, 1.82) is 0 Å². The summed E-state index contributed by atoms with van der Waals surface area (Å²) >= 11 is 2.37. The number of ether oxygens (including phenoxy) is 1. The van der Waals surface area contributed by atoms with E-state index in [2.05, 4.69) is 173 Å². The van der Waals surface area contributed by atoms with Crippen LogP contribution in [0.2, 0.25) is 0 Å². The Hall–Kier alpha value is -5.25. The number of para-hydroxylation sites is 1. The van der Waals surface area contributed by atoms with Crippen molar-refractivity contribution in [3.8, 4) is 39.6 Å². The molecule has 0 saturated carbocycles. The second-order valence-electron chi connectivity index (χ2n) is 11.1. The molecule has 0 aliphatic carbocycles. The monoisotopic (exact) mass is 779 g/mol. The fourth-order valence-electron chi connectivity index (χ4n) is 5.68. The number of rotatable bonds is 8. The summed E-state index contributed by atoms with van der Waals surface area (Å²) in [5.74, 6) is 1.28. The number of imidazole rings is 1. The van der Waals surface area contributed by atoms with Gasteiger partial charge in [0, 0.05) is 6.20 Å². The van der Waals surface area contributed by atoms with Gasteiger partial charge in [-0.3, -0.25) is 0 Å². The van der Waals surface area contributed by atoms with Crippen LogP contribution in [0, 0.1) is 10.7 Å². The van der Waals surface area contributed by atoms with Crippen LogP contribution >= 0.6 is 0 Å². The van der Waals surface area contributed by atoms with E-state index in [0.29, 0.717) is 11.6 Å². The van der Waals surface area contributed by atoms with Crippen LogP contribution in [0.4, 0.5) is 17.1 Å². The predicted molar refractivity (Wildman–Crippen MR) is 183 cm³/mol. The van der Waals surface area contributed by atoms with Crippen molar-refractivity contribution < 1.29 is 24.1 Å². The number of aryl methyl sites for hydroxylation is 2. The van der Waals surface area contributed by atoms with Crippen LogP contribution in [0.1, 0.15) is 5.56 Å². The van der Waals surface area contributed by atoms with Crippen LogP contribution in [0.3, 0.4) is 0 Å². The second-order valence-corrected chi connectivity index (χ2v) is 12.1. The van der Waals surface area contributed by atoms with Crippen molar-refractivity contribution in [3.63, 3.8) is 0 Å². The Bertz CT molecular complexity index is 2130. The molecular weight excluding hydrogens is 748 g/mol. The van der Waals surface area contributed by atoms with Crippen molar-refractivity contribution in [2.75, 3.05) is 4.90 Å². The van der Waals surface area contributed by atoms with Crippen LogP contribution < -0.4 is 9.64 Å². The normalized spacial score (nSPS) is 11.0. The topological polar surface area (TPSA) is 35.2 Å². The van der Waals surface area contributed by atoms with E-state index in [1.54, 1.807) is 6.20 Å². The molecule has 0 amide bonds. The standard InChI is InChI=1S/C40H32N4O.Pt/c1-30-22-23-41-39(26-30)45-36-19-10-18-35(28-36)44(34-17-9-16-33(27-34)43-25-24-42(2)29-43)40-37(31-12-5-3-6-13-31)20-11-21-38(40)32-14-7-4-8-15-32;/h3-28H,1-2H3;. The van der Waals surface area contributed by atoms with Crippen molar-refractivity contribution in [3.05, 3.63) is 167 Å². The molecule has 0 saturated heterocycles. The number of hydrogen-bond donors (Lipinski definition) is 0. The molecule has 0 aliphatic heterocycles. The van der Waals surface area contributed by atoms with E-state index in [0.717, 1.165) is 54.4 Å². The fourth-order valence-corrected chi connectivity index (χ4v) is 6.31. The van der Waals surface area contributed by atoms with Gasteiger partial charge in [-0.25, -0.2) is 0 Å². The van der Waals surface area contributed by atoms with E-state index in [9.17, 15) is 0 Å². The maximum absolute atomic E-state index is 6.32. The average Bonchev–Trinajstić information content (AvgIpc) is 3.43. The molecule has 5 nitrogen and oxygen atoms in total. The predicted octanol–water partition coefficient (Wildman–Crippen LogP) is 10.2. The molecule has 0 aliphatic rings. The van der Waals surface area contributed by atoms with Crippen LogP contribution in [0.5, 0.6) is 11.6 Å². The van der Waals surface area contributed by atoms with Crippen LogP contribution in [0.15, 0.2) is 158 Å². The van der Waals surface area contributed by atoms with Crippen molar-refractivity contribution in [2.45, 2.75) is 6.92 Å². The number of benzene rings is 5. The Morgan fingerprint density at radius 2 is 1.28 bits per heavy atom. The molecule has 0 unspecified atom stereocenters. The van der Waals surface area contributed by atoms with Crippen LogP contribution in [-0.2, 0) is 26.4 Å². The molecule has 2 aromatic heterocycles. The van der Waals surface area contributed by atoms with Gasteiger partial charge in [-0.2, -0.15) is 0 Å². The minimum atomic E-state index is 0.565. The number of anilines is 3. The van der Waals surface area contributed by atoms with Crippen molar-refractivity contribution in [2.24, 2.45) is 7.05 Å².